The molecule has 1 aliphatic rings. The third kappa shape index (κ3) is 4.79. The van der Waals surface area contributed by atoms with Gasteiger partial charge < -0.3 is 19.9 Å². The van der Waals surface area contributed by atoms with Gasteiger partial charge in [0.2, 0.25) is 0 Å². The molecule has 2 N–H and O–H groups in total. The van der Waals surface area contributed by atoms with Gasteiger partial charge in [0.1, 0.15) is 5.82 Å². The first-order chi connectivity index (χ1) is 9.75. The lowest BCUT2D eigenvalue weighted by Gasteiger charge is -2.22. The number of ether oxygens (including phenoxy) is 2. The van der Waals surface area contributed by atoms with Crippen LogP contribution in [0, 0.1) is 0 Å². The number of anilines is 1. The van der Waals surface area contributed by atoms with Gasteiger partial charge >= 0.3 is 5.97 Å². The highest BCUT2D eigenvalue weighted by Gasteiger charge is 2.13. The molecule has 1 aliphatic heterocycles. The number of rotatable bonds is 7. The summed E-state index contributed by atoms with van der Waals surface area (Å²) in [6, 6.07) is 4.91. The van der Waals surface area contributed by atoms with E-state index in [1.165, 1.54) is 6.07 Å². The van der Waals surface area contributed by atoms with Gasteiger partial charge in [-0.15, -0.1) is 0 Å². The predicted molar refractivity (Wildman–Crippen MR) is 74.1 cm³/mol. The molecular formula is C14H20N2O4. The van der Waals surface area contributed by atoms with E-state index in [1.54, 1.807) is 12.1 Å². The molecule has 0 spiro atoms. The Labute approximate surface area is 118 Å². The highest BCUT2D eigenvalue weighted by atomic mass is 16.5. The number of carboxylic acids is 1. The van der Waals surface area contributed by atoms with Crippen LogP contribution in [0.15, 0.2) is 18.2 Å². The number of carbonyl (C=O) groups is 1. The Morgan fingerprint density at radius 1 is 1.45 bits per heavy atom. The number of carboxylic acid groups (broad SMARTS) is 1. The lowest BCUT2D eigenvalue weighted by molar-refractivity contribution is -0.0316. The zero-order valence-corrected chi connectivity index (χ0v) is 11.4. The van der Waals surface area contributed by atoms with Gasteiger partial charge in [-0.3, -0.25) is 0 Å². The molecule has 0 bridgehead atoms. The number of aromatic carboxylic acids is 1. The molecule has 2 heterocycles. The van der Waals surface area contributed by atoms with Crippen molar-refractivity contribution in [3.05, 3.63) is 23.9 Å². The second-order valence-corrected chi connectivity index (χ2v) is 4.68. The second-order valence-electron chi connectivity index (χ2n) is 4.68. The first-order valence-corrected chi connectivity index (χ1v) is 6.89. The summed E-state index contributed by atoms with van der Waals surface area (Å²) >= 11 is 0. The summed E-state index contributed by atoms with van der Waals surface area (Å²) < 4.78 is 11.0. The van der Waals surface area contributed by atoms with Crippen molar-refractivity contribution in [2.24, 2.45) is 0 Å². The minimum Gasteiger partial charge on any atom is -0.477 e. The van der Waals surface area contributed by atoms with E-state index in [9.17, 15) is 4.79 Å². The summed E-state index contributed by atoms with van der Waals surface area (Å²) in [4.78, 5) is 14.8. The minimum atomic E-state index is -1.02. The lowest BCUT2D eigenvalue weighted by Crippen LogP contribution is -2.24. The molecule has 6 heteroatoms. The molecule has 1 saturated heterocycles. The van der Waals surface area contributed by atoms with Crippen molar-refractivity contribution >= 4 is 11.8 Å². The van der Waals surface area contributed by atoms with E-state index in [0.29, 0.717) is 25.1 Å². The molecule has 0 unspecified atom stereocenters. The Kier molecular flexibility index (Phi) is 5.76. The van der Waals surface area contributed by atoms with Crippen LogP contribution in [0.4, 0.5) is 5.82 Å². The lowest BCUT2D eigenvalue weighted by atomic mass is 10.1. The first-order valence-electron chi connectivity index (χ1n) is 6.89. The van der Waals surface area contributed by atoms with Crippen molar-refractivity contribution in [1.82, 2.24) is 4.98 Å². The highest BCUT2D eigenvalue weighted by molar-refractivity contribution is 5.85. The van der Waals surface area contributed by atoms with Crippen LogP contribution in [-0.4, -0.2) is 48.5 Å². The van der Waals surface area contributed by atoms with Crippen molar-refractivity contribution in [1.29, 1.82) is 0 Å². The number of nitrogens with zero attached hydrogens (tertiary/aromatic N) is 1. The molecule has 0 aliphatic carbocycles. The fraction of sp³-hybridized carbons (Fsp3) is 0.571. The van der Waals surface area contributed by atoms with E-state index >= 15 is 0 Å². The van der Waals surface area contributed by atoms with Crippen molar-refractivity contribution in [2.45, 2.75) is 25.4 Å². The van der Waals surface area contributed by atoms with Crippen LogP contribution >= 0.6 is 0 Å². The molecule has 1 aromatic heterocycles. The number of pyridine rings is 1. The summed E-state index contributed by atoms with van der Waals surface area (Å²) in [6.07, 6.45) is 3.11. The number of hydrogen-bond donors (Lipinski definition) is 2. The maximum Gasteiger partial charge on any atom is 0.354 e. The zero-order valence-electron chi connectivity index (χ0n) is 11.4. The van der Waals surface area contributed by atoms with Gasteiger partial charge in [-0.2, -0.15) is 0 Å². The van der Waals surface area contributed by atoms with Gasteiger partial charge in [-0.05, 0) is 31.4 Å². The van der Waals surface area contributed by atoms with E-state index in [-0.39, 0.29) is 5.69 Å². The summed E-state index contributed by atoms with van der Waals surface area (Å²) in [5, 5.41) is 11.9. The molecule has 0 saturated carbocycles. The van der Waals surface area contributed by atoms with Crippen molar-refractivity contribution in [2.75, 3.05) is 31.7 Å². The Morgan fingerprint density at radius 2 is 2.25 bits per heavy atom. The van der Waals surface area contributed by atoms with Crippen molar-refractivity contribution in [3.8, 4) is 0 Å². The van der Waals surface area contributed by atoms with Gasteiger partial charge in [0.05, 0.1) is 6.10 Å². The molecule has 2 rings (SSSR count). The maximum atomic E-state index is 10.8. The van der Waals surface area contributed by atoms with E-state index in [4.69, 9.17) is 14.6 Å². The van der Waals surface area contributed by atoms with E-state index in [0.717, 1.165) is 32.5 Å². The van der Waals surface area contributed by atoms with Gasteiger partial charge in [0, 0.05) is 26.4 Å². The summed E-state index contributed by atoms with van der Waals surface area (Å²) in [6.45, 7) is 2.97. The Bertz CT molecular complexity index is 433. The molecule has 1 aromatic rings. The monoisotopic (exact) mass is 280 g/mol. The average Bonchev–Trinajstić information content (AvgIpc) is 2.48. The highest BCUT2D eigenvalue weighted by Crippen LogP contribution is 2.11. The minimum absolute atomic E-state index is 0.0495. The van der Waals surface area contributed by atoms with Crippen LogP contribution in [0.2, 0.25) is 0 Å². The molecule has 0 aromatic carbocycles. The number of nitrogens with one attached hydrogen (secondary N) is 1. The largest absolute Gasteiger partial charge is 0.477 e. The first kappa shape index (κ1) is 14.7. The van der Waals surface area contributed by atoms with Gasteiger partial charge in [0.15, 0.2) is 5.69 Å². The number of hydrogen-bond acceptors (Lipinski definition) is 5. The average molecular weight is 280 g/mol. The van der Waals surface area contributed by atoms with Crippen LogP contribution in [0.3, 0.4) is 0 Å². The molecule has 0 radical (unpaired) electrons. The topological polar surface area (TPSA) is 80.7 Å². The van der Waals surface area contributed by atoms with Crippen LogP contribution in [-0.2, 0) is 9.47 Å². The maximum absolute atomic E-state index is 10.8. The Hall–Kier alpha value is -1.66. The van der Waals surface area contributed by atoms with Crippen LogP contribution < -0.4 is 5.32 Å². The van der Waals surface area contributed by atoms with Crippen molar-refractivity contribution in [3.63, 3.8) is 0 Å². The molecule has 0 atom stereocenters. The van der Waals surface area contributed by atoms with E-state index in [2.05, 4.69) is 10.3 Å². The van der Waals surface area contributed by atoms with Gasteiger partial charge in [-0.1, -0.05) is 6.07 Å². The predicted octanol–water partition coefficient (Wildman–Crippen LogP) is 1.78. The summed E-state index contributed by atoms with van der Waals surface area (Å²) in [5.74, 6) is -0.438. The quantitative estimate of drug-likeness (QED) is 0.741. The summed E-state index contributed by atoms with van der Waals surface area (Å²) in [5.41, 5.74) is 0.0495. The normalized spacial score (nSPS) is 16.0. The number of aromatic nitrogens is 1. The molecule has 1 fully saturated rings. The van der Waals surface area contributed by atoms with Crippen molar-refractivity contribution < 1.29 is 19.4 Å². The molecular weight excluding hydrogens is 260 g/mol. The molecule has 6 nitrogen and oxygen atoms in total. The standard InChI is InChI=1S/C14H20N2O4/c17-14(18)12-3-1-4-13(16-12)15-7-2-8-20-11-5-9-19-10-6-11/h1,3-4,11H,2,5-10H2,(H,15,16)(H,17,18). The van der Waals surface area contributed by atoms with Gasteiger partial charge in [-0.25, -0.2) is 9.78 Å². The summed E-state index contributed by atoms with van der Waals surface area (Å²) in [7, 11) is 0. The van der Waals surface area contributed by atoms with E-state index < -0.39 is 5.97 Å². The van der Waals surface area contributed by atoms with E-state index in [1.807, 2.05) is 0 Å². The fourth-order valence-corrected chi connectivity index (χ4v) is 2.03. The Morgan fingerprint density at radius 3 is 3.00 bits per heavy atom. The fourth-order valence-electron chi connectivity index (χ4n) is 2.03. The Balaban J connectivity index is 1.63. The second kappa shape index (κ2) is 7.81. The third-order valence-electron chi connectivity index (χ3n) is 3.12. The van der Waals surface area contributed by atoms with Crippen LogP contribution in [0.5, 0.6) is 0 Å². The zero-order chi connectivity index (χ0) is 14.2. The van der Waals surface area contributed by atoms with Crippen LogP contribution in [0.1, 0.15) is 29.8 Å². The molecule has 0 amide bonds. The molecule has 20 heavy (non-hydrogen) atoms. The molecule has 110 valence electrons. The third-order valence-corrected chi connectivity index (χ3v) is 3.12. The van der Waals surface area contributed by atoms with Gasteiger partial charge in [0.25, 0.3) is 0 Å². The van der Waals surface area contributed by atoms with Crippen LogP contribution in [0.25, 0.3) is 0 Å². The SMILES string of the molecule is O=C(O)c1cccc(NCCCOC2CCOCC2)n1. The smallest absolute Gasteiger partial charge is 0.354 e.